The Balaban J connectivity index is 4.07. The number of aliphatic carboxylic acids is 1. The molecule has 108 valence electrons. The number of carbonyl (C=O) groups excluding carboxylic acids is 2. The molecule has 3 N–H and O–H groups in total. The average molecular weight is 273 g/mol. The normalized spacial score (nSPS) is 13.2. The molecule has 0 aromatic heterocycles. The molecule has 0 aliphatic heterocycles. The first-order valence-electron chi connectivity index (χ1n) is 5.81. The molecule has 0 saturated carbocycles. The van der Waals surface area contributed by atoms with Gasteiger partial charge in [-0.3, -0.25) is 9.59 Å². The van der Waals surface area contributed by atoms with Crippen LogP contribution in [-0.2, 0) is 19.1 Å². The predicted molar refractivity (Wildman–Crippen MR) is 66.3 cm³/mol. The fourth-order valence-corrected chi connectivity index (χ4v) is 1.42. The van der Waals surface area contributed by atoms with Crippen LogP contribution in [0.1, 0.15) is 26.2 Å². The van der Waals surface area contributed by atoms with Gasteiger partial charge in [-0.25, -0.2) is 4.79 Å². The van der Waals surface area contributed by atoms with Gasteiger partial charge in [0.1, 0.15) is 6.10 Å². The Hall–Kier alpha value is -1.89. The summed E-state index contributed by atoms with van der Waals surface area (Å²) < 4.78 is 4.72. The Bertz CT molecular complexity index is 341. The Morgan fingerprint density at radius 1 is 1.42 bits per heavy atom. The van der Waals surface area contributed by atoms with Crippen LogP contribution < -0.4 is 5.32 Å². The predicted octanol–water partition coefficient (Wildman–Crippen LogP) is -0.164. The molecular formula is C12H19NO6. The van der Waals surface area contributed by atoms with E-state index in [1.165, 1.54) is 6.92 Å². The zero-order chi connectivity index (χ0) is 14.8. The second kappa shape index (κ2) is 9.09. The van der Waals surface area contributed by atoms with E-state index in [0.717, 1.165) is 0 Å². The summed E-state index contributed by atoms with van der Waals surface area (Å²) in [5, 5.41) is 20.6. The second-order valence-electron chi connectivity index (χ2n) is 4.00. The van der Waals surface area contributed by atoms with E-state index < -0.39 is 18.1 Å². The summed E-state index contributed by atoms with van der Waals surface area (Å²) in [6.07, 6.45) is 0.431. The lowest BCUT2D eigenvalue weighted by Gasteiger charge is -2.20. The van der Waals surface area contributed by atoms with Gasteiger partial charge in [0.15, 0.2) is 6.04 Å². The molecule has 0 spiro atoms. The van der Waals surface area contributed by atoms with Gasteiger partial charge in [-0.2, -0.15) is 0 Å². The maximum Gasteiger partial charge on any atom is 0.329 e. The third kappa shape index (κ3) is 7.20. The van der Waals surface area contributed by atoms with Crippen molar-refractivity contribution in [3.8, 4) is 0 Å². The number of carboxylic acid groups (broad SMARTS) is 1. The summed E-state index contributed by atoms with van der Waals surface area (Å²) in [6.45, 7) is 5.18. The van der Waals surface area contributed by atoms with Gasteiger partial charge in [-0.05, 0) is 24.8 Å². The molecule has 1 amide bonds. The molecule has 0 radical (unpaired) electrons. The smallest absolute Gasteiger partial charge is 0.329 e. The van der Waals surface area contributed by atoms with Gasteiger partial charge in [-0.15, -0.1) is 0 Å². The number of esters is 1. The van der Waals surface area contributed by atoms with Crippen molar-refractivity contribution >= 4 is 18.3 Å². The maximum atomic E-state index is 10.8. The molecule has 0 aliphatic rings. The van der Waals surface area contributed by atoms with Gasteiger partial charge in [0, 0.05) is 6.92 Å². The SMILES string of the molecule is C=C(CCCCOC(C)=O)C(O)C(NC=O)C(=O)O. The Morgan fingerprint density at radius 2 is 2.05 bits per heavy atom. The number of amides is 1. The summed E-state index contributed by atoms with van der Waals surface area (Å²) in [5.41, 5.74) is 0.310. The Morgan fingerprint density at radius 3 is 2.53 bits per heavy atom. The zero-order valence-electron chi connectivity index (χ0n) is 10.8. The van der Waals surface area contributed by atoms with Crippen molar-refractivity contribution in [2.24, 2.45) is 0 Å². The van der Waals surface area contributed by atoms with Crippen LogP contribution in [-0.4, -0.2) is 47.3 Å². The largest absolute Gasteiger partial charge is 0.480 e. The van der Waals surface area contributed by atoms with Crippen molar-refractivity contribution in [3.63, 3.8) is 0 Å². The molecule has 7 heteroatoms. The van der Waals surface area contributed by atoms with E-state index in [-0.39, 0.29) is 19.0 Å². The first-order valence-corrected chi connectivity index (χ1v) is 5.81. The van der Waals surface area contributed by atoms with E-state index in [0.29, 0.717) is 24.8 Å². The van der Waals surface area contributed by atoms with Crippen molar-refractivity contribution in [3.05, 3.63) is 12.2 Å². The van der Waals surface area contributed by atoms with Crippen molar-refractivity contribution in [2.45, 2.75) is 38.3 Å². The minimum absolute atomic E-state index is 0.218. The highest BCUT2D eigenvalue weighted by Gasteiger charge is 2.27. The molecule has 0 heterocycles. The van der Waals surface area contributed by atoms with Gasteiger partial charge >= 0.3 is 11.9 Å². The first kappa shape index (κ1) is 17.1. The van der Waals surface area contributed by atoms with E-state index in [1.54, 1.807) is 0 Å². The maximum absolute atomic E-state index is 10.8. The molecule has 0 aromatic rings. The number of ether oxygens (including phenoxy) is 1. The molecule has 0 aliphatic carbocycles. The van der Waals surface area contributed by atoms with Gasteiger partial charge in [-0.1, -0.05) is 6.58 Å². The number of aliphatic hydroxyl groups is 1. The van der Waals surface area contributed by atoms with Crippen LogP contribution in [0, 0.1) is 0 Å². The third-order valence-corrected chi connectivity index (χ3v) is 2.45. The fraction of sp³-hybridized carbons (Fsp3) is 0.583. The highest BCUT2D eigenvalue weighted by molar-refractivity contribution is 5.77. The van der Waals surface area contributed by atoms with Crippen molar-refractivity contribution in [1.82, 2.24) is 5.32 Å². The van der Waals surface area contributed by atoms with Gasteiger partial charge in [0.2, 0.25) is 6.41 Å². The number of nitrogens with one attached hydrogen (secondary N) is 1. The van der Waals surface area contributed by atoms with E-state index in [4.69, 9.17) is 9.84 Å². The molecule has 0 saturated heterocycles. The first-order chi connectivity index (χ1) is 8.90. The monoisotopic (exact) mass is 273 g/mol. The summed E-state index contributed by atoms with van der Waals surface area (Å²) in [7, 11) is 0. The standard InChI is InChI=1S/C12H19NO6/c1-8(5-3-4-6-19-9(2)15)11(16)10(12(17)18)13-7-14/h7,10-11,16H,1,3-6H2,2H3,(H,13,14)(H,17,18). The molecule has 0 fully saturated rings. The molecule has 7 nitrogen and oxygen atoms in total. The summed E-state index contributed by atoms with van der Waals surface area (Å²) in [5.74, 6) is -1.69. The number of unbranched alkanes of at least 4 members (excludes halogenated alkanes) is 1. The molecule has 0 rings (SSSR count). The van der Waals surface area contributed by atoms with E-state index >= 15 is 0 Å². The number of carboxylic acids is 1. The quantitative estimate of drug-likeness (QED) is 0.220. The third-order valence-electron chi connectivity index (χ3n) is 2.45. The van der Waals surface area contributed by atoms with Crippen molar-refractivity contribution in [2.75, 3.05) is 6.61 Å². The number of carbonyl (C=O) groups is 3. The van der Waals surface area contributed by atoms with Crippen LogP contribution in [0.15, 0.2) is 12.2 Å². The highest BCUT2D eigenvalue weighted by atomic mass is 16.5. The van der Waals surface area contributed by atoms with E-state index in [2.05, 4.69) is 6.58 Å². The topological polar surface area (TPSA) is 113 Å². The van der Waals surface area contributed by atoms with Crippen LogP contribution in [0.3, 0.4) is 0 Å². The van der Waals surface area contributed by atoms with Gasteiger partial charge in [0.05, 0.1) is 6.61 Å². The van der Waals surface area contributed by atoms with E-state index in [1.807, 2.05) is 5.32 Å². The minimum Gasteiger partial charge on any atom is -0.480 e. The molecular weight excluding hydrogens is 254 g/mol. The van der Waals surface area contributed by atoms with Crippen LogP contribution in [0.5, 0.6) is 0 Å². The zero-order valence-corrected chi connectivity index (χ0v) is 10.8. The van der Waals surface area contributed by atoms with Crippen LogP contribution >= 0.6 is 0 Å². The lowest BCUT2D eigenvalue weighted by atomic mass is 9.99. The average Bonchev–Trinajstić information content (AvgIpc) is 2.33. The van der Waals surface area contributed by atoms with Crippen LogP contribution in [0.2, 0.25) is 0 Å². The number of hydrogen-bond acceptors (Lipinski definition) is 5. The van der Waals surface area contributed by atoms with E-state index in [9.17, 15) is 19.5 Å². The Labute approximate surface area is 111 Å². The molecule has 2 atom stereocenters. The van der Waals surface area contributed by atoms with Crippen LogP contribution in [0.25, 0.3) is 0 Å². The summed E-state index contributed by atoms with van der Waals surface area (Å²) >= 11 is 0. The molecule has 0 bridgehead atoms. The summed E-state index contributed by atoms with van der Waals surface area (Å²) in [6, 6.07) is -1.40. The lowest BCUT2D eigenvalue weighted by molar-refractivity contribution is -0.143. The number of hydrogen-bond donors (Lipinski definition) is 3. The van der Waals surface area contributed by atoms with Gasteiger partial charge < -0.3 is 20.3 Å². The molecule has 2 unspecified atom stereocenters. The van der Waals surface area contributed by atoms with Crippen LogP contribution in [0.4, 0.5) is 0 Å². The minimum atomic E-state index is -1.40. The Kier molecular flexibility index (Phi) is 8.19. The van der Waals surface area contributed by atoms with Gasteiger partial charge in [0.25, 0.3) is 0 Å². The molecule has 0 aromatic carbocycles. The summed E-state index contributed by atoms with van der Waals surface area (Å²) in [4.78, 5) is 31.6. The highest BCUT2D eigenvalue weighted by Crippen LogP contribution is 2.13. The fourth-order valence-electron chi connectivity index (χ4n) is 1.42. The lowest BCUT2D eigenvalue weighted by Crippen LogP contribution is -2.46. The number of rotatable bonds is 10. The van der Waals surface area contributed by atoms with Crippen molar-refractivity contribution in [1.29, 1.82) is 0 Å². The van der Waals surface area contributed by atoms with Crippen molar-refractivity contribution < 1.29 is 29.3 Å². The second-order valence-corrected chi connectivity index (χ2v) is 4.00. The number of aliphatic hydroxyl groups excluding tert-OH is 1. The molecule has 19 heavy (non-hydrogen) atoms.